The number of hydrogen-bond donors (Lipinski definition) is 0. The second kappa shape index (κ2) is 7.85. The first-order valence-corrected chi connectivity index (χ1v) is 12.0. The van der Waals surface area contributed by atoms with Crippen molar-refractivity contribution in [1.29, 1.82) is 0 Å². The highest BCUT2D eigenvalue weighted by Gasteiger charge is 2.25. The Hall–Kier alpha value is -1.13. The lowest BCUT2D eigenvalue weighted by Crippen LogP contribution is -2.27. The quantitative estimate of drug-likeness (QED) is 0.449. The minimum absolute atomic E-state index is 0.136. The van der Waals surface area contributed by atoms with Gasteiger partial charge in [-0.15, -0.1) is 0 Å². The van der Waals surface area contributed by atoms with Crippen LogP contribution in [0.25, 0.3) is 0 Å². The summed E-state index contributed by atoms with van der Waals surface area (Å²) in [6.45, 7) is 27.9. The molecule has 0 aliphatic carbocycles. The standard InChI is InChI=1S/C28H43P/c1-25(2,3)19-13-15-23(21(17-19)27(7,8)9)29-24-16-14-20(26(4,5)6)18-22(24)28(10,11)12/h13-18,29H,1-12H3. The van der Waals surface area contributed by atoms with Crippen LogP contribution in [0.2, 0.25) is 0 Å². The van der Waals surface area contributed by atoms with Crippen molar-refractivity contribution in [2.45, 2.75) is 105 Å². The second-order valence-electron chi connectivity index (χ2n) is 12.6. The largest absolute Gasteiger partial charge is 0.0585 e. The van der Waals surface area contributed by atoms with Crippen molar-refractivity contribution >= 4 is 19.2 Å². The molecule has 0 spiro atoms. The molecule has 0 aliphatic heterocycles. The summed E-state index contributed by atoms with van der Waals surface area (Å²) in [7, 11) is 0.681. The molecule has 29 heavy (non-hydrogen) atoms. The number of rotatable bonds is 2. The van der Waals surface area contributed by atoms with Crippen molar-refractivity contribution < 1.29 is 0 Å². The molecule has 0 aromatic heterocycles. The lowest BCUT2D eigenvalue weighted by Gasteiger charge is -2.30. The second-order valence-corrected chi connectivity index (χ2v) is 14.0. The summed E-state index contributed by atoms with van der Waals surface area (Å²) in [5, 5.41) is 2.97. The van der Waals surface area contributed by atoms with Crippen molar-refractivity contribution in [2.75, 3.05) is 0 Å². The normalized spacial score (nSPS) is 13.7. The maximum absolute atomic E-state index is 2.46. The fourth-order valence-corrected chi connectivity index (χ4v) is 5.41. The van der Waals surface area contributed by atoms with Crippen LogP contribution >= 0.6 is 8.58 Å². The van der Waals surface area contributed by atoms with Gasteiger partial charge in [-0.25, -0.2) is 0 Å². The maximum Gasteiger partial charge on any atom is -0.0125 e. The van der Waals surface area contributed by atoms with Crippen LogP contribution in [-0.2, 0) is 21.7 Å². The lowest BCUT2D eigenvalue weighted by molar-refractivity contribution is 0.571. The van der Waals surface area contributed by atoms with E-state index in [2.05, 4.69) is 119 Å². The Balaban J connectivity index is 2.62. The van der Waals surface area contributed by atoms with Gasteiger partial charge in [-0.05, 0) is 54.5 Å². The third-order valence-electron chi connectivity index (χ3n) is 5.66. The van der Waals surface area contributed by atoms with Gasteiger partial charge >= 0.3 is 0 Å². The topological polar surface area (TPSA) is 0 Å². The van der Waals surface area contributed by atoms with Crippen molar-refractivity contribution in [3.63, 3.8) is 0 Å². The predicted octanol–water partition coefficient (Wildman–Crippen LogP) is 7.51. The van der Waals surface area contributed by atoms with Crippen LogP contribution in [0.5, 0.6) is 0 Å². The van der Waals surface area contributed by atoms with E-state index in [0.29, 0.717) is 8.58 Å². The fraction of sp³-hybridized carbons (Fsp3) is 0.571. The Morgan fingerprint density at radius 1 is 0.448 bits per heavy atom. The van der Waals surface area contributed by atoms with Gasteiger partial charge in [0, 0.05) is 0 Å². The van der Waals surface area contributed by atoms with Gasteiger partial charge in [0.05, 0.1) is 0 Å². The molecule has 2 aromatic carbocycles. The first-order chi connectivity index (χ1) is 12.9. The minimum Gasteiger partial charge on any atom is -0.0585 e. The van der Waals surface area contributed by atoms with Gasteiger partial charge in [0.1, 0.15) is 0 Å². The monoisotopic (exact) mass is 410 g/mol. The van der Waals surface area contributed by atoms with Crippen LogP contribution in [0, 0.1) is 0 Å². The molecule has 0 bridgehead atoms. The zero-order valence-electron chi connectivity index (χ0n) is 21.0. The van der Waals surface area contributed by atoms with E-state index in [4.69, 9.17) is 0 Å². The lowest BCUT2D eigenvalue weighted by atomic mass is 9.80. The fourth-order valence-electron chi connectivity index (χ4n) is 3.63. The zero-order valence-corrected chi connectivity index (χ0v) is 22.0. The van der Waals surface area contributed by atoms with Gasteiger partial charge in [-0.1, -0.05) is 128 Å². The smallest absolute Gasteiger partial charge is 0.0125 e. The van der Waals surface area contributed by atoms with Gasteiger partial charge in [-0.2, -0.15) is 0 Å². The molecule has 0 heterocycles. The van der Waals surface area contributed by atoms with Gasteiger partial charge in [0.2, 0.25) is 0 Å². The van der Waals surface area contributed by atoms with E-state index in [9.17, 15) is 0 Å². The average molecular weight is 411 g/mol. The average Bonchev–Trinajstić information content (AvgIpc) is 2.51. The molecule has 1 heteroatoms. The molecule has 0 nitrogen and oxygen atoms in total. The molecule has 0 atom stereocenters. The molecule has 0 N–H and O–H groups in total. The minimum atomic E-state index is 0.136. The van der Waals surface area contributed by atoms with E-state index >= 15 is 0 Å². The number of benzene rings is 2. The highest BCUT2D eigenvalue weighted by molar-refractivity contribution is 7.55. The van der Waals surface area contributed by atoms with E-state index in [1.165, 1.54) is 32.9 Å². The van der Waals surface area contributed by atoms with Crippen LogP contribution in [-0.4, -0.2) is 0 Å². The Kier molecular flexibility index (Phi) is 6.53. The van der Waals surface area contributed by atoms with Crippen molar-refractivity contribution in [1.82, 2.24) is 0 Å². The van der Waals surface area contributed by atoms with Crippen LogP contribution in [0.15, 0.2) is 36.4 Å². The Bertz CT molecular complexity index is 786. The summed E-state index contributed by atoms with van der Waals surface area (Å²) >= 11 is 0. The van der Waals surface area contributed by atoms with Gasteiger partial charge < -0.3 is 0 Å². The zero-order chi connectivity index (χ0) is 22.4. The van der Waals surface area contributed by atoms with E-state index < -0.39 is 0 Å². The molecular formula is C28H43P. The first kappa shape index (κ1) is 24.1. The molecule has 0 radical (unpaired) electrons. The van der Waals surface area contributed by atoms with Crippen LogP contribution in [0.3, 0.4) is 0 Å². The van der Waals surface area contributed by atoms with E-state index in [-0.39, 0.29) is 21.7 Å². The molecule has 2 rings (SSSR count). The van der Waals surface area contributed by atoms with Crippen molar-refractivity contribution in [3.05, 3.63) is 58.7 Å². The maximum atomic E-state index is 2.46. The highest BCUT2D eigenvalue weighted by Crippen LogP contribution is 2.34. The van der Waals surface area contributed by atoms with Crippen molar-refractivity contribution in [3.8, 4) is 0 Å². The summed E-state index contributed by atoms with van der Waals surface area (Å²) < 4.78 is 0. The van der Waals surface area contributed by atoms with Crippen molar-refractivity contribution in [2.24, 2.45) is 0 Å². The van der Waals surface area contributed by atoms with Gasteiger partial charge in [0.15, 0.2) is 0 Å². The van der Waals surface area contributed by atoms with Gasteiger partial charge in [0.25, 0.3) is 0 Å². The highest BCUT2D eigenvalue weighted by atomic mass is 31.1. The Morgan fingerprint density at radius 3 is 1.00 bits per heavy atom. The summed E-state index contributed by atoms with van der Waals surface area (Å²) in [5.41, 5.74) is 6.45. The van der Waals surface area contributed by atoms with Crippen LogP contribution in [0.4, 0.5) is 0 Å². The molecule has 2 aromatic rings. The van der Waals surface area contributed by atoms with E-state index in [1.54, 1.807) is 0 Å². The molecular weight excluding hydrogens is 367 g/mol. The molecule has 0 saturated heterocycles. The number of hydrogen-bond acceptors (Lipinski definition) is 0. The summed E-state index contributed by atoms with van der Waals surface area (Å²) in [6, 6.07) is 14.4. The molecule has 0 saturated carbocycles. The van der Waals surface area contributed by atoms with Crippen LogP contribution < -0.4 is 10.6 Å². The third kappa shape index (κ3) is 5.95. The molecule has 0 fully saturated rings. The van der Waals surface area contributed by atoms with Crippen LogP contribution in [0.1, 0.15) is 105 Å². The molecule has 160 valence electrons. The summed E-state index contributed by atoms with van der Waals surface area (Å²) in [4.78, 5) is 0. The molecule has 0 aliphatic rings. The summed E-state index contributed by atoms with van der Waals surface area (Å²) in [6.07, 6.45) is 0. The Labute approximate surface area is 182 Å². The SMILES string of the molecule is CC(C)(C)c1ccc(Pc2ccc(C(C)(C)C)cc2C(C)(C)C)c(C(C)(C)C)c1. The predicted molar refractivity (Wildman–Crippen MR) is 135 cm³/mol. The van der Waals surface area contributed by atoms with Gasteiger partial charge in [-0.3, -0.25) is 0 Å². The van der Waals surface area contributed by atoms with E-state index in [1.807, 2.05) is 0 Å². The first-order valence-electron chi connectivity index (χ1n) is 11.0. The summed E-state index contributed by atoms with van der Waals surface area (Å²) in [5.74, 6) is 0. The Morgan fingerprint density at radius 2 is 0.759 bits per heavy atom. The van der Waals surface area contributed by atoms with E-state index in [0.717, 1.165) is 0 Å². The molecule has 0 unspecified atom stereocenters. The molecule has 0 amide bonds. The third-order valence-corrected chi connectivity index (χ3v) is 7.07.